The molecule has 0 bridgehead atoms. The standard InChI is InChI=1S/C11H14N2O4S/c1-2-4-17-11-7-13-9(6-10(11)14)8-18(15,16)5-3-12/h6-7H,2,4-5,8H2,1H3,(H,13,14). The topological polar surface area (TPSA) is 100 Å². The molecular weight excluding hydrogens is 256 g/mol. The van der Waals surface area contributed by atoms with Crippen LogP contribution in [0.25, 0.3) is 0 Å². The number of rotatable bonds is 6. The van der Waals surface area contributed by atoms with Crippen LogP contribution < -0.4 is 10.2 Å². The molecule has 1 aromatic rings. The molecule has 0 atom stereocenters. The fraction of sp³-hybridized carbons (Fsp3) is 0.455. The predicted octanol–water partition coefficient (Wildman–Crippen LogP) is 0.602. The van der Waals surface area contributed by atoms with E-state index in [-0.39, 0.29) is 22.6 Å². The first kappa shape index (κ1) is 14.3. The van der Waals surface area contributed by atoms with Gasteiger partial charge in [-0.3, -0.25) is 4.79 Å². The van der Waals surface area contributed by atoms with E-state index in [1.165, 1.54) is 12.3 Å². The van der Waals surface area contributed by atoms with Crippen molar-refractivity contribution in [2.75, 3.05) is 12.4 Å². The lowest BCUT2D eigenvalue weighted by Crippen LogP contribution is -2.14. The monoisotopic (exact) mass is 270 g/mol. The van der Waals surface area contributed by atoms with Crippen molar-refractivity contribution in [3.63, 3.8) is 0 Å². The van der Waals surface area contributed by atoms with Crippen molar-refractivity contribution in [1.29, 1.82) is 5.26 Å². The molecule has 7 heteroatoms. The molecule has 0 aromatic carbocycles. The van der Waals surface area contributed by atoms with Gasteiger partial charge in [0.1, 0.15) is 5.75 Å². The second-order valence-electron chi connectivity index (χ2n) is 3.73. The second-order valence-corrected chi connectivity index (χ2v) is 5.79. The van der Waals surface area contributed by atoms with Gasteiger partial charge in [0, 0.05) is 18.0 Å². The number of sulfone groups is 1. The van der Waals surface area contributed by atoms with E-state index in [9.17, 15) is 13.2 Å². The van der Waals surface area contributed by atoms with Crippen LogP contribution in [0.3, 0.4) is 0 Å². The van der Waals surface area contributed by atoms with Crippen molar-refractivity contribution >= 4 is 9.84 Å². The summed E-state index contributed by atoms with van der Waals surface area (Å²) in [6.45, 7) is 2.34. The van der Waals surface area contributed by atoms with E-state index in [0.29, 0.717) is 6.61 Å². The minimum atomic E-state index is -3.50. The number of hydrogen-bond donors (Lipinski definition) is 1. The molecule has 0 saturated carbocycles. The third-order valence-electron chi connectivity index (χ3n) is 2.06. The highest BCUT2D eigenvalue weighted by Crippen LogP contribution is 2.06. The number of nitrogens with one attached hydrogen (secondary N) is 1. The number of H-pyrrole nitrogens is 1. The van der Waals surface area contributed by atoms with Gasteiger partial charge in [-0.15, -0.1) is 0 Å². The Hall–Kier alpha value is -1.81. The Morgan fingerprint density at radius 3 is 2.78 bits per heavy atom. The van der Waals surface area contributed by atoms with Gasteiger partial charge in [0.25, 0.3) is 0 Å². The Morgan fingerprint density at radius 1 is 1.50 bits per heavy atom. The van der Waals surface area contributed by atoms with Crippen LogP contribution >= 0.6 is 0 Å². The van der Waals surface area contributed by atoms with E-state index in [1.807, 2.05) is 6.92 Å². The van der Waals surface area contributed by atoms with Crippen molar-refractivity contribution < 1.29 is 13.2 Å². The maximum absolute atomic E-state index is 11.6. The summed E-state index contributed by atoms with van der Waals surface area (Å²) < 4.78 is 28.0. The summed E-state index contributed by atoms with van der Waals surface area (Å²) in [5.41, 5.74) is -0.122. The van der Waals surface area contributed by atoms with Crippen LogP contribution in [0.4, 0.5) is 0 Å². The third-order valence-corrected chi connectivity index (χ3v) is 3.38. The molecule has 0 saturated heterocycles. The van der Waals surface area contributed by atoms with Gasteiger partial charge in [-0.2, -0.15) is 5.26 Å². The zero-order chi connectivity index (χ0) is 13.6. The molecule has 0 spiro atoms. The first-order valence-corrected chi connectivity index (χ1v) is 7.22. The molecule has 1 heterocycles. The minimum absolute atomic E-state index is 0.165. The van der Waals surface area contributed by atoms with Gasteiger partial charge < -0.3 is 9.72 Å². The Bertz CT molecular complexity index is 598. The minimum Gasteiger partial charge on any atom is -0.488 e. The smallest absolute Gasteiger partial charge is 0.223 e. The van der Waals surface area contributed by atoms with Crippen molar-refractivity contribution in [2.45, 2.75) is 19.1 Å². The van der Waals surface area contributed by atoms with E-state index in [2.05, 4.69) is 4.98 Å². The summed E-state index contributed by atoms with van der Waals surface area (Å²) in [5.74, 6) is -0.759. The molecule has 0 fully saturated rings. The van der Waals surface area contributed by atoms with E-state index < -0.39 is 15.6 Å². The molecule has 0 aliphatic rings. The number of nitrogens with zero attached hydrogens (tertiary/aromatic N) is 1. The van der Waals surface area contributed by atoms with Gasteiger partial charge in [0.05, 0.1) is 18.4 Å². The summed E-state index contributed by atoms with van der Waals surface area (Å²) in [4.78, 5) is 14.3. The van der Waals surface area contributed by atoms with Crippen molar-refractivity contribution in [2.24, 2.45) is 0 Å². The predicted molar refractivity (Wildman–Crippen MR) is 66.0 cm³/mol. The van der Waals surface area contributed by atoms with Gasteiger partial charge in [0.2, 0.25) is 5.43 Å². The maximum Gasteiger partial charge on any atom is 0.223 e. The highest BCUT2D eigenvalue weighted by atomic mass is 32.2. The lowest BCUT2D eigenvalue weighted by molar-refractivity contribution is 0.313. The van der Waals surface area contributed by atoms with Gasteiger partial charge >= 0.3 is 0 Å². The van der Waals surface area contributed by atoms with Gasteiger partial charge in [-0.1, -0.05) is 6.92 Å². The zero-order valence-corrected chi connectivity index (χ0v) is 10.8. The molecule has 6 nitrogen and oxygen atoms in total. The molecule has 0 radical (unpaired) electrons. The van der Waals surface area contributed by atoms with Crippen LogP contribution in [-0.2, 0) is 15.6 Å². The van der Waals surface area contributed by atoms with Crippen LogP contribution in [0.5, 0.6) is 5.75 Å². The van der Waals surface area contributed by atoms with Crippen LogP contribution in [-0.4, -0.2) is 25.8 Å². The molecule has 0 amide bonds. The first-order chi connectivity index (χ1) is 8.48. The molecule has 98 valence electrons. The second kappa shape index (κ2) is 6.21. The Labute approximate surface area is 105 Å². The highest BCUT2D eigenvalue weighted by molar-refractivity contribution is 7.90. The Balaban J connectivity index is 2.86. The Kier molecular flexibility index (Phi) is 4.92. The normalized spacial score (nSPS) is 10.9. The molecule has 1 N–H and O–H groups in total. The first-order valence-electron chi connectivity index (χ1n) is 5.40. The highest BCUT2D eigenvalue weighted by Gasteiger charge is 2.13. The van der Waals surface area contributed by atoms with Crippen LogP contribution in [0, 0.1) is 11.3 Å². The zero-order valence-electron chi connectivity index (χ0n) is 9.97. The van der Waals surface area contributed by atoms with Gasteiger partial charge in [-0.05, 0) is 6.42 Å². The number of aromatic amines is 1. The maximum atomic E-state index is 11.6. The average molecular weight is 270 g/mol. The van der Waals surface area contributed by atoms with Crippen LogP contribution in [0.2, 0.25) is 0 Å². The number of aromatic nitrogens is 1. The van der Waals surface area contributed by atoms with Crippen molar-refractivity contribution in [1.82, 2.24) is 4.98 Å². The van der Waals surface area contributed by atoms with E-state index in [1.54, 1.807) is 6.07 Å². The van der Waals surface area contributed by atoms with Crippen LogP contribution in [0.1, 0.15) is 19.0 Å². The molecule has 18 heavy (non-hydrogen) atoms. The van der Waals surface area contributed by atoms with Crippen molar-refractivity contribution in [3.8, 4) is 11.8 Å². The summed E-state index contributed by atoms with van der Waals surface area (Å²) >= 11 is 0. The molecular formula is C11H14N2O4S. The third kappa shape index (κ3) is 4.22. The Morgan fingerprint density at radius 2 is 2.22 bits per heavy atom. The molecule has 0 unspecified atom stereocenters. The van der Waals surface area contributed by atoms with Gasteiger partial charge in [0.15, 0.2) is 15.6 Å². The number of pyridine rings is 1. The van der Waals surface area contributed by atoms with Crippen molar-refractivity contribution in [3.05, 3.63) is 28.2 Å². The molecule has 1 rings (SSSR count). The number of hydrogen-bond acceptors (Lipinski definition) is 5. The van der Waals surface area contributed by atoms with Crippen LogP contribution in [0.15, 0.2) is 17.1 Å². The fourth-order valence-electron chi connectivity index (χ4n) is 1.29. The van der Waals surface area contributed by atoms with E-state index in [4.69, 9.17) is 10.00 Å². The lowest BCUT2D eigenvalue weighted by atomic mass is 10.3. The summed E-state index contributed by atoms with van der Waals surface area (Å²) in [6, 6.07) is 2.76. The lowest BCUT2D eigenvalue weighted by Gasteiger charge is -2.05. The SMILES string of the molecule is CCCOc1c[nH]c(CS(=O)(=O)CC#N)cc1=O. The van der Waals surface area contributed by atoms with Gasteiger partial charge in [-0.25, -0.2) is 8.42 Å². The summed E-state index contributed by atoms with van der Waals surface area (Å²) in [5, 5.41) is 8.35. The average Bonchev–Trinajstić information content (AvgIpc) is 2.27. The van der Waals surface area contributed by atoms with E-state index >= 15 is 0 Å². The molecule has 0 aliphatic heterocycles. The summed E-state index contributed by atoms with van der Waals surface area (Å²) in [6.07, 6.45) is 2.12. The fourth-order valence-corrected chi connectivity index (χ4v) is 2.23. The molecule has 0 aliphatic carbocycles. The van der Waals surface area contributed by atoms with E-state index in [0.717, 1.165) is 6.42 Å². The number of ether oxygens (including phenoxy) is 1. The quantitative estimate of drug-likeness (QED) is 0.816. The number of nitriles is 1. The molecule has 1 aromatic heterocycles. The largest absolute Gasteiger partial charge is 0.488 e. The summed E-state index contributed by atoms with van der Waals surface area (Å²) in [7, 11) is -3.50.